The van der Waals surface area contributed by atoms with Crippen molar-refractivity contribution in [1.82, 2.24) is 14.4 Å². The molecular weight excluding hydrogens is 493 g/mol. The van der Waals surface area contributed by atoms with Gasteiger partial charge in [0.15, 0.2) is 0 Å². The Bertz CT molecular complexity index is 1370. The van der Waals surface area contributed by atoms with Crippen LogP contribution in [0.3, 0.4) is 0 Å². The largest absolute Gasteiger partial charge is 0.347 e. The van der Waals surface area contributed by atoms with Gasteiger partial charge in [0, 0.05) is 43.7 Å². The van der Waals surface area contributed by atoms with E-state index in [2.05, 4.69) is 56.4 Å². The lowest BCUT2D eigenvalue weighted by Gasteiger charge is -2.34. The highest BCUT2D eigenvalue weighted by atomic mass is 32.1. The maximum atomic E-state index is 14.0. The Hall–Kier alpha value is -2.96. The van der Waals surface area contributed by atoms with Gasteiger partial charge in [0.05, 0.1) is 11.1 Å². The summed E-state index contributed by atoms with van der Waals surface area (Å²) in [5.74, 6) is 1.27. The first kappa shape index (κ1) is 25.3. The Morgan fingerprint density at radius 3 is 2.55 bits per heavy atom. The number of carbonyl (C=O) groups excluding carboxylic acids is 1. The van der Waals surface area contributed by atoms with Crippen LogP contribution in [0.15, 0.2) is 71.6 Å². The lowest BCUT2D eigenvalue weighted by atomic mass is 9.87. The van der Waals surface area contributed by atoms with Crippen molar-refractivity contribution in [3.8, 4) is 0 Å². The van der Waals surface area contributed by atoms with Gasteiger partial charge in [-0.25, -0.2) is 4.39 Å². The van der Waals surface area contributed by atoms with Gasteiger partial charge in [0.25, 0.3) is 5.91 Å². The first-order valence-corrected chi connectivity index (χ1v) is 14.9. The van der Waals surface area contributed by atoms with Gasteiger partial charge in [-0.3, -0.25) is 4.79 Å². The molecule has 2 atom stereocenters. The zero-order valence-corrected chi connectivity index (χ0v) is 22.9. The number of benzene rings is 2. The third-order valence-electron chi connectivity index (χ3n) is 8.60. The molecule has 2 saturated heterocycles. The van der Waals surface area contributed by atoms with E-state index in [0.717, 1.165) is 75.0 Å². The minimum absolute atomic E-state index is 0.157. The number of piperidine rings is 1. The number of para-hydroxylation sites is 1. The van der Waals surface area contributed by atoms with Gasteiger partial charge in [-0.2, -0.15) is 11.3 Å². The fourth-order valence-electron chi connectivity index (χ4n) is 6.63. The van der Waals surface area contributed by atoms with Crippen LogP contribution < -0.4 is 0 Å². The Labute approximate surface area is 228 Å². The van der Waals surface area contributed by atoms with E-state index < -0.39 is 0 Å². The van der Waals surface area contributed by atoms with E-state index in [1.54, 1.807) is 23.5 Å². The van der Waals surface area contributed by atoms with Crippen LogP contribution in [0.25, 0.3) is 10.9 Å². The molecule has 4 heterocycles. The van der Waals surface area contributed by atoms with E-state index in [9.17, 15) is 9.18 Å². The lowest BCUT2D eigenvalue weighted by molar-refractivity contribution is 0.0783. The van der Waals surface area contributed by atoms with Crippen molar-refractivity contribution in [3.05, 3.63) is 94.1 Å². The summed E-state index contributed by atoms with van der Waals surface area (Å²) in [6, 6.07) is 17.5. The number of aryl methyl sites for hydroxylation is 1. The van der Waals surface area contributed by atoms with Crippen LogP contribution in [0.2, 0.25) is 0 Å². The Balaban J connectivity index is 1.18. The number of fused-ring (bicyclic) bond motifs is 1. The second-order valence-electron chi connectivity index (χ2n) is 11.0. The van der Waals surface area contributed by atoms with E-state index in [4.69, 9.17) is 0 Å². The molecule has 0 saturated carbocycles. The smallest absolute Gasteiger partial charge is 0.256 e. The summed E-state index contributed by atoms with van der Waals surface area (Å²) in [5, 5.41) is 5.56. The first-order chi connectivity index (χ1) is 18.6. The molecule has 6 heteroatoms. The number of carbonyl (C=O) groups is 1. The highest BCUT2D eigenvalue weighted by Crippen LogP contribution is 2.37. The van der Waals surface area contributed by atoms with Crippen molar-refractivity contribution in [2.45, 2.75) is 44.6 Å². The van der Waals surface area contributed by atoms with E-state index >= 15 is 0 Å². The molecule has 198 valence electrons. The van der Waals surface area contributed by atoms with Gasteiger partial charge in [0.2, 0.25) is 0 Å². The average Bonchev–Trinajstić information content (AvgIpc) is 3.70. The fraction of sp³-hybridized carbons (Fsp3) is 0.406. The van der Waals surface area contributed by atoms with E-state index in [1.165, 1.54) is 11.1 Å². The standard InChI is InChI=1S/C32H36FN3OS/c1-2-14-35-17-12-25-4-3-5-29(31(25)35)32(37)36-20-27(30(21-36)26-13-18-38-22-26)19-34-15-10-24(11-16-34)23-6-8-28(33)9-7-23/h3-9,12-13,17-18,22,24,27,30H,2,10-11,14-16,19-21H2,1H3. The molecule has 2 aliphatic heterocycles. The molecule has 0 aliphatic carbocycles. The predicted octanol–water partition coefficient (Wildman–Crippen LogP) is 6.99. The molecule has 2 aliphatic rings. The van der Waals surface area contributed by atoms with Gasteiger partial charge in [-0.05, 0) is 96.4 Å². The molecule has 0 radical (unpaired) electrons. The Kier molecular flexibility index (Phi) is 7.35. The number of rotatable bonds is 7. The summed E-state index contributed by atoms with van der Waals surface area (Å²) in [4.78, 5) is 18.7. The minimum Gasteiger partial charge on any atom is -0.347 e. The van der Waals surface area contributed by atoms with Crippen molar-refractivity contribution < 1.29 is 9.18 Å². The average molecular weight is 530 g/mol. The quantitative estimate of drug-likeness (QED) is 0.258. The summed E-state index contributed by atoms with van der Waals surface area (Å²) in [7, 11) is 0. The number of likely N-dealkylation sites (tertiary alicyclic amines) is 2. The van der Waals surface area contributed by atoms with Gasteiger partial charge >= 0.3 is 0 Å². The predicted molar refractivity (Wildman–Crippen MR) is 153 cm³/mol. The summed E-state index contributed by atoms with van der Waals surface area (Å²) in [5.41, 5.74) is 4.51. The van der Waals surface area contributed by atoms with Crippen molar-refractivity contribution in [2.75, 3.05) is 32.7 Å². The zero-order chi connectivity index (χ0) is 26.1. The number of hydrogen-bond donors (Lipinski definition) is 0. The normalized spacial score (nSPS) is 20.9. The molecule has 0 N–H and O–H groups in total. The maximum Gasteiger partial charge on any atom is 0.256 e. The number of hydrogen-bond acceptors (Lipinski definition) is 3. The van der Waals surface area contributed by atoms with Gasteiger partial charge in [-0.1, -0.05) is 31.2 Å². The van der Waals surface area contributed by atoms with Crippen LogP contribution in [0.5, 0.6) is 0 Å². The van der Waals surface area contributed by atoms with Crippen LogP contribution in [0.1, 0.15) is 59.5 Å². The molecule has 2 fully saturated rings. The topological polar surface area (TPSA) is 28.5 Å². The summed E-state index contributed by atoms with van der Waals surface area (Å²) >= 11 is 1.74. The molecule has 4 aromatic rings. The van der Waals surface area contributed by atoms with Gasteiger partial charge < -0.3 is 14.4 Å². The van der Waals surface area contributed by atoms with E-state index in [0.29, 0.717) is 17.8 Å². The highest BCUT2D eigenvalue weighted by Gasteiger charge is 2.38. The Morgan fingerprint density at radius 2 is 1.82 bits per heavy atom. The second kappa shape index (κ2) is 11.0. The molecule has 1 amide bonds. The van der Waals surface area contributed by atoms with Gasteiger partial charge in [-0.15, -0.1) is 0 Å². The van der Waals surface area contributed by atoms with Crippen LogP contribution in [0, 0.1) is 11.7 Å². The first-order valence-electron chi connectivity index (χ1n) is 14.0. The van der Waals surface area contributed by atoms with Crippen molar-refractivity contribution in [1.29, 1.82) is 0 Å². The monoisotopic (exact) mass is 529 g/mol. The van der Waals surface area contributed by atoms with Crippen LogP contribution >= 0.6 is 11.3 Å². The second-order valence-corrected chi connectivity index (χ2v) is 11.8. The summed E-state index contributed by atoms with van der Waals surface area (Å²) in [6.45, 7) is 7.77. The highest BCUT2D eigenvalue weighted by molar-refractivity contribution is 7.08. The van der Waals surface area contributed by atoms with Crippen LogP contribution in [0.4, 0.5) is 4.39 Å². The molecule has 2 aromatic heterocycles. The SMILES string of the molecule is CCCn1ccc2cccc(C(=O)N3CC(CN4CCC(c5ccc(F)cc5)CC4)C(c4ccsc4)C3)c21. The van der Waals surface area contributed by atoms with Crippen LogP contribution in [-0.4, -0.2) is 53.0 Å². The van der Waals surface area contributed by atoms with Crippen molar-refractivity contribution in [3.63, 3.8) is 0 Å². The zero-order valence-electron chi connectivity index (χ0n) is 22.1. The molecule has 0 bridgehead atoms. The molecule has 2 aromatic carbocycles. The third-order valence-corrected chi connectivity index (χ3v) is 9.31. The van der Waals surface area contributed by atoms with Crippen molar-refractivity contribution >= 4 is 28.1 Å². The number of halogens is 1. The van der Waals surface area contributed by atoms with Gasteiger partial charge in [0.1, 0.15) is 5.82 Å². The van der Waals surface area contributed by atoms with E-state index in [1.807, 2.05) is 24.3 Å². The van der Waals surface area contributed by atoms with E-state index in [-0.39, 0.29) is 11.7 Å². The maximum absolute atomic E-state index is 14.0. The number of amides is 1. The third kappa shape index (κ3) is 5.04. The Morgan fingerprint density at radius 1 is 1.00 bits per heavy atom. The summed E-state index contributed by atoms with van der Waals surface area (Å²) in [6.07, 6.45) is 5.35. The molecule has 2 unspecified atom stereocenters. The lowest BCUT2D eigenvalue weighted by Crippen LogP contribution is -2.38. The minimum atomic E-state index is -0.166. The molecular formula is C32H36FN3OS. The molecule has 6 rings (SSSR count). The number of aromatic nitrogens is 1. The molecule has 0 spiro atoms. The van der Waals surface area contributed by atoms with Crippen molar-refractivity contribution in [2.24, 2.45) is 5.92 Å². The molecule has 4 nitrogen and oxygen atoms in total. The number of nitrogens with zero attached hydrogens (tertiary/aromatic N) is 3. The number of thiophene rings is 1. The summed E-state index contributed by atoms with van der Waals surface area (Å²) < 4.78 is 15.6. The fourth-order valence-corrected chi connectivity index (χ4v) is 7.36. The van der Waals surface area contributed by atoms with Crippen LogP contribution in [-0.2, 0) is 6.54 Å². The molecule has 38 heavy (non-hydrogen) atoms.